The summed E-state index contributed by atoms with van der Waals surface area (Å²) in [6.07, 6.45) is 7.78. The van der Waals surface area contributed by atoms with Crippen LogP contribution in [0.5, 0.6) is 0 Å². The molecule has 4 heterocycles. The Balaban J connectivity index is 1.23. The van der Waals surface area contributed by atoms with E-state index in [-0.39, 0.29) is 10.6 Å². The molecule has 0 spiro atoms. The molecule has 10 heteroatoms. The first-order chi connectivity index (χ1) is 15.7. The summed E-state index contributed by atoms with van der Waals surface area (Å²) in [5, 5.41) is 13.4. The van der Waals surface area contributed by atoms with E-state index >= 15 is 0 Å². The van der Waals surface area contributed by atoms with E-state index in [0.29, 0.717) is 30.4 Å². The lowest BCUT2D eigenvalue weighted by Crippen LogP contribution is -2.47. The van der Waals surface area contributed by atoms with E-state index in [2.05, 4.69) is 34.5 Å². The largest absolute Gasteiger partial charge is 0.365 e. The fraction of sp³-hybridized carbons (Fsp3) is 0.318. The minimum absolute atomic E-state index is 0.184. The predicted molar refractivity (Wildman–Crippen MR) is 122 cm³/mol. The van der Waals surface area contributed by atoms with Gasteiger partial charge in [0.05, 0.1) is 17.6 Å². The highest BCUT2D eigenvalue weighted by Crippen LogP contribution is 2.39. The van der Waals surface area contributed by atoms with Crippen LogP contribution in [0, 0.1) is 0 Å². The van der Waals surface area contributed by atoms with Crippen molar-refractivity contribution in [3.05, 3.63) is 70.1 Å². The lowest BCUT2D eigenvalue weighted by molar-refractivity contribution is 0.643. The van der Waals surface area contributed by atoms with Gasteiger partial charge in [-0.2, -0.15) is 9.78 Å². The van der Waals surface area contributed by atoms with Crippen molar-refractivity contribution in [3.63, 3.8) is 0 Å². The second-order valence-electron chi connectivity index (χ2n) is 8.15. The number of benzene rings is 1. The van der Waals surface area contributed by atoms with E-state index in [1.807, 2.05) is 42.7 Å². The van der Waals surface area contributed by atoms with E-state index in [1.54, 1.807) is 6.20 Å². The lowest BCUT2D eigenvalue weighted by atomic mass is 10.2. The van der Waals surface area contributed by atoms with Gasteiger partial charge in [-0.1, -0.05) is 29.8 Å². The van der Waals surface area contributed by atoms with Crippen LogP contribution in [-0.2, 0) is 0 Å². The van der Waals surface area contributed by atoms with Gasteiger partial charge in [-0.3, -0.25) is 9.20 Å². The first kappa shape index (κ1) is 19.2. The monoisotopic (exact) mass is 448 g/mol. The predicted octanol–water partition coefficient (Wildman–Crippen LogP) is 2.53. The second-order valence-corrected chi connectivity index (χ2v) is 8.53. The summed E-state index contributed by atoms with van der Waals surface area (Å²) in [6, 6.07) is 9.28. The fourth-order valence-corrected chi connectivity index (χ4v) is 4.48. The topological polar surface area (TPSA) is 84.5 Å². The van der Waals surface area contributed by atoms with Crippen molar-refractivity contribution in [2.45, 2.75) is 18.8 Å². The van der Waals surface area contributed by atoms with Crippen molar-refractivity contribution < 1.29 is 0 Å². The number of anilines is 2. The van der Waals surface area contributed by atoms with Gasteiger partial charge in [-0.25, -0.2) is 4.98 Å². The van der Waals surface area contributed by atoms with Crippen LogP contribution in [0.25, 0.3) is 11.3 Å². The van der Waals surface area contributed by atoms with Gasteiger partial charge in [0, 0.05) is 44.5 Å². The number of hydrogen-bond donors (Lipinski definition) is 0. The minimum Gasteiger partial charge on any atom is -0.365 e. The molecule has 1 saturated carbocycles. The number of halogens is 1. The van der Waals surface area contributed by atoms with Gasteiger partial charge in [0.15, 0.2) is 5.82 Å². The Morgan fingerprint density at radius 1 is 0.969 bits per heavy atom. The number of nitrogens with zero attached hydrogens (tertiary/aromatic N) is 8. The molecule has 9 nitrogen and oxygen atoms in total. The van der Waals surface area contributed by atoms with Crippen molar-refractivity contribution in [1.82, 2.24) is 29.4 Å². The smallest absolute Gasteiger partial charge is 0.292 e. The molecule has 4 aromatic rings. The number of piperazine rings is 1. The molecule has 32 heavy (non-hydrogen) atoms. The number of rotatable bonds is 4. The molecule has 0 atom stereocenters. The molecule has 1 saturated heterocycles. The summed E-state index contributed by atoms with van der Waals surface area (Å²) in [7, 11) is 0. The zero-order valence-electron chi connectivity index (χ0n) is 17.3. The van der Waals surface area contributed by atoms with Crippen LogP contribution < -0.4 is 15.4 Å². The van der Waals surface area contributed by atoms with Crippen LogP contribution in [0.1, 0.15) is 24.6 Å². The third-order valence-electron chi connectivity index (χ3n) is 6.10. The molecular weight excluding hydrogens is 428 g/mol. The van der Waals surface area contributed by atoms with Crippen LogP contribution in [0.15, 0.2) is 53.7 Å². The van der Waals surface area contributed by atoms with Crippen LogP contribution in [-0.4, -0.2) is 55.5 Å². The average molecular weight is 449 g/mol. The second kappa shape index (κ2) is 7.59. The lowest BCUT2D eigenvalue weighted by Gasteiger charge is -2.36. The Labute approximate surface area is 188 Å². The molecule has 0 radical (unpaired) electrons. The average Bonchev–Trinajstić information content (AvgIpc) is 3.59. The van der Waals surface area contributed by atoms with E-state index in [9.17, 15) is 4.79 Å². The van der Waals surface area contributed by atoms with Gasteiger partial charge in [0.2, 0.25) is 5.65 Å². The summed E-state index contributed by atoms with van der Waals surface area (Å²) in [4.78, 5) is 21.7. The van der Waals surface area contributed by atoms with Gasteiger partial charge >= 0.3 is 0 Å². The van der Waals surface area contributed by atoms with Crippen molar-refractivity contribution in [1.29, 1.82) is 0 Å². The van der Waals surface area contributed by atoms with E-state index in [0.717, 1.165) is 30.4 Å². The summed E-state index contributed by atoms with van der Waals surface area (Å²) >= 11 is 6.49. The maximum Gasteiger partial charge on any atom is 0.292 e. The molecule has 2 aliphatic rings. The van der Waals surface area contributed by atoms with Crippen molar-refractivity contribution in [3.8, 4) is 5.69 Å². The maximum absolute atomic E-state index is 12.8. The quantitative estimate of drug-likeness (QED) is 0.474. The van der Waals surface area contributed by atoms with Crippen LogP contribution in [0.2, 0.25) is 5.02 Å². The minimum atomic E-state index is -0.319. The van der Waals surface area contributed by atoms with Crippen molar-refractivity contribution in [2.75, 3.05) is 36.0 Å². The molecule has 0 amide bonds. The Morgan fingerprint density at radius 2 is 1.72 bits per heavy atom. The number of para-hydroxylation sites is 1. The number of fused-ring (bicyclic) bond motifs is 1. The highest BCUT2D eigenvalue weighted by molar-refractivity contribution is 6.33. The highest BCUT2D eigenvalue weighted by atomic mass is 35.5. The normalized spacial score (nSPS) is 16.7. The van der Waals surface area contributed by atoms with E-state index in [1.165, 1.54) is 17.5 Å². The zero-order chi connectivity index (χ0) is 21.7. The Hall–Kier alpha value is -3.46. The Bertz CT molecular complexity index is 1340. The van der Waals surface area contributed by atoms with Crippen LogP contribution in [0.4, 0.5) is 11.5 Å². The first-order valence-electron chi connectivity index (χ1n) is 10.7. The molecule has 0 N–H and O–H groups in total. The standard InChI is InChI=1S/C22H21ClN8O/c23-18-17(14-25-31(22(18)32)16-4-2-1-3-5-16)28-10-12-29(13-11-28)20-21-27-26-19(15-6-7-15)30(21)9-8-24-20/h1-5,8-9,14-15H,6-7,10-13H2. The van der Waals surface area contributed by atoms with Crippen molar-refractivity contribution in [2.24, 2.45) is 0 Å². The summed E-state index contributed by atoms with van der Waals surface area (Å²) in [5.41, 5.74) is 1.83. The number of aromatic nitrogens is 6. The molecule has 162 valence electrons. The molecule has 1 aliphatic carbocycles. The fourth-order valence-electron chi connectivity index (χ4n) is 4.23. The summed E-state index contributed by atoms with van der Waals surface area (Å²) in [6.45, 7) is 2.86. The van der Waals surface area contributed by atoms with Gasteiger partial charge in [-0.15, -0.1) is 10.2 Å². The van der Waals surface area contributed by atoms with Gasteiger partial charge in [-0.05, 0) is 25.0 Å². The van der Waals surface area contributed by atoms with Crippen molar-refractivity contribution >= 4 is 28.8 Å². The highest BCUT2D eigenvalue weighted by Gasteiger charge is 2.30. The molecular formula is C22H21ClN8O. The first-order valence-corrected chi connectivity index (χ1v) is 11.1. The molecule has 1 aliphatic heterocycles. The summed E-state index contributed by atoms with van der Waals surface area (Å²) in [5.74, 6) is 2.39. The Morgan fingerprint density at radius 3 is 2.47 bits per heavy atom. The van der Waals surface area contributed by atoms with Crippen LogP contribution in [0.3, 0.4) is 0 Å². The van der Waals surface area contributed by atoms with Crippen LogP contribution >= 0.6 is 11.6 Å². The third kappa shape index (κ3) is 3.20. The molecule has 2 fully saturated rings. The van der Waals surface area contributed by atoms with E-state index < -0.39 is 0 Å². The zero-order valence-corrected chi connectivity index (χ0v) is 18.1. The molecule has 1 aromatic carbocycles. The van der Waals surface area contributed by atoms with Gasteiger partial charge in [0.1, 0.15) is 10.8 Å². The number of hydrogen-bond acceptors (Lipinski definition) is 7. The Kier molecular flexibility index (Phi) is 4.57. The van der Waals surface area contributed by atoms with Gasteiger partial charge in [0.25, 0.3) is 5.56 Å². The summed E-state index contributed by atoms with van der Waals surface area (Å²) < 4.78 is 3.39. The third-order valence-corrected chi connectivity index (χ3v) is 6.45. The molecule has 3 aromatic heterocycles. The molecule has 0 unspecified atom stereocenters. The molecule has 0 bridgehead atoms. The maximum atomic E-state index is 12.8. The molecule has 6 rings (SSSR count). The van der Waals surface area contributed by atoms with E-state index in [4.69, 9.17) is 11.6 Å². The SMILES string of the molecule is O=c1c(Cl)c(N2CCN(c3nccn4c(C5CC5)nnc34)CC2)cnn1-c1ccccc1. The van der Waals surface area contributed by atoms with Gasteiger partial charge < -0.3 is 9.80 Å².